The Bertz CT molecular complexity index is 571. The predicted molar refractivity (Wildman–Crippen MR) is 59.2 cm³/mol. The summed E-state index contributed by atoms with van der Waals surface area (Å²) in [6.45, 7) is -0.340. The van der Waals surface area contributed by atoms with Gasteiger partial charge in [-0.2, -0.15) is 8.42 Å². The van der Waals surface area contributed by atoms with Gasteiger partial charge in [-0.1, -0.05) is 0 Å². The molecular weight excluding hydrogens is 269 g/mol. The summed E-state index contributed by atoms with van der Waals surface area (Å²) in [6.07, 6.45) is 0.665. The topological polar surface area (TPSA) is 107 Å². The average molecular weight is 279 g/mol. The Kier molecular flexibility index (Phi) is 4.19. The zero-order valence-corrected chi connectivity index (χ0v) is 10.1. The fraction of sp³-hybridized carbons (Fsp3) is 0.333. The summed E-state index contributed by atoms with van der Waals surface area (Å²) in [5, 5.41) is 19.8. The average Bonchev–Trinajstić information content (AvgIpc) is 2.21. The van der Waals surface area contributed by atoms with E-state index in [1.165, 1.54) is 0 Å². The van der Waals surface area contributed by atoms with E-state index in [9.17, 15) is 28.0 Å². The van der Waals surface area contributed by atoms with Gasteiger partial charge in [-0.3, -0.25) is 14.3 Å². The van der Waals surface area contributed by atoms with Crippen molar-refractivity contribution < 1.29 is 27.0 Å². The molecule has 0 heterocycles. The van der Waals surface area contributed by atoms with Gasteiger partial charge in [-0.25, -0.2) is 4.39 Å². The van der Waals surface area contributed by atoms with Gasteiger partial charge >= 0.3 is 0 Å². The van der Waals surface area contributed by atoms with Crippen LogP contribution in [0, 0.1) is 15.9 Å². The van der Waals surface area contributed by atoms with Gasteiger partial charge in [0.25, 0.3) is 15.8 Å². The summed E-state index contributed by atoms with van der Waals surface area (Å²) in [7, 11) is -3.65. The molecule has 9 heteroatoms. The fourth-order valence-corrected chi connectivity index (χ4v) is 1.63. The third-order valence-corrected chi connectivity index (χ3v) is 2.60. The number of nitro groups is 1. The van der Waals surface area contributed by atoms with E-state index in [0.717, 1.165) is 12.3 Å². The summed E-state index contributed by atoms with van der Waals surface area (Å²) < 4.78 is 38.9. The largest absolute Gasteiger partial charge is 0.505 e. The smallest absolute Gasteiger partial charge is 0.272 e. The third-order valence-electron chi connectivity index (χ3n) is 2.01. The summed E-state index contributed by atoms with van der Waals surface area (Å²) in [5.41, 5.74) is -0.620. The number of benzene rings is 1. The van der Waals surface area contributed by atoms with Crippen LogP contribution in [0.25, 0.3) is 0 Å². The van der Waals surface area contributed by atoms with Crippen LogP contribution in [0.2, 0.25) is 0 Å². The first-order valence-electron chi connectivity index (χ1n) is 4.71. The van der Waals surface area contributed by atoms with Gasteiger partial charge in [0.05, 0.1) is 23.9 Å². The van der Waals surface area contributed by atoms with Crippen molar-refractivity contribution in [2.45, 2.75) is 6.42 Å². The minimum absolute atomic E-state index is 0.0923. The Balaban J connectivity index is 2.91. The molecule has 0 atom stereocenters. The van der Waals surface area contributed by atoms with E-state index in [-0.39, 0.29) is 18.6 Å². The molecule has 0 saturated carbocycles. The van der Waals surface area contributed by atoms with Gasteiger partial charge in [-0.15, -0.1) is 0 Å². The molecule has 18 heavy (non-hydrogen) atoms. The van der Waals surface area contributed by atoms with Gasteiger partial charge in [0.1, 0.15) is 0 Å². The van der Waals surface area contributed by atoms with Crippen molar-refractivity contribution >= 4 is 15.8 Å². The van der Waals surface area contributed by atoms with E-state index in [2.05, 4.69) is 4.18 Å². The Morgan fingerprint density at radius 3 is 2.61 bits per heavy atom. The van der Waals surface area contributed by atoms with E-state index in [0.29, 0.717) is 6.07 Å². The zero-order chi connectivity index (χ0) is 13.9. The minimum atomic E-state index is -3.65. The highest BCUT2D eigenvalue weighted by atomic mass is 32.2. The second-order valence-electron chi connectivity index (χ2n) is 3.47. The Labute approximate surface area is 102 Å². The molecule has 0 aliphatic heterocycles. The van der Waals surface area contributed by atoms with Crippen molar-refractivity contribution in [3.8, 4) is 5.75 Å². The van der Waals surface area contributed by atoms with Crippen LogP contribution < -0.4 is 0 Å². The van der Waals surface area contributed by atoms with Crippen molar-refractivity contribution in [2.75, 3.05) is 12.9 Å². The summed E-state index contributed by atoms with van der Waals surface area (Å²) >= 11 is 0. The van der Waals surface area contributed by atoms with Crippen molar-refractivity contribution in [3.05, 3.63) is 33.6 Å². The number of halogens is 1. The SMILES string of the molecule is CS(=O)(=O)OCCc1cc([N+](=O)[O-])cc(F)c1O. The minimum Gasteiger partial charge on any atom is -0.505 e. The van der Waals surface area contributed by atoms with E-state index < -0.39 is 32.3 Å². The van der Waals surface area contributed by atoms with E-state index in [1.54, 1.807) is 0 Å². The monoisotopic (exact) mass is 279 g/mol. The van der Waals surface area contributed by atoms with Gasteiger partial charge < -0.3 is 5.11 Å². The Morgan fingerprint density at radius 2 is 2.11 bits per heavy atom. The fourth-order valence-electron chi connectivity index (χ4n) is 1.24. The Hall–Kier alpha value is -1.74. The lowest BCUT2D eigenvalue weighted by molar-refractivity contribution is -0.385. The first-order valence-corrected chi connectivity index (χ1v) is 6.52. The Morgan fingerprint density at radius 1 is 1.50 bits per heavy atom. The number of nitrogens with zero attached hydrogens (tertiary/aromatic N) is 1. The van der Waals surface area contributed by atoms with Gasteiger partial charge in [0.15, 0.2) is 11.6 Å². The number of aromatic hydroxyl groups is 1. The van der Waals surface area contributed by atoms with E-state index in [4.69, 9.17) is 0 Å². The van der Waals surface area contributed by atoms with Crippen LogP contribution in [0.3, 0.4) is 0 Å². The quantitative estimate of drug-likeness (QED) is 0.488. The lowest BCUT2D eigenvalue weighted by Crippen LogP contribution is -2.07. The predicted octanol–water partition coefficient (Wildman–Crippen LogP) is 0.958. The number of non-ortho nitro benzene ring substituents is 1. The lowest BCUT2D eigenvalue weighted by atomic mass is 10.1. The molecule has 0 aromatic heterocycles. The van der Waals surface area contributed by atoms with Crippen LogP contribution in [0.1, 0.15) is 5.56 Å². The maximum Gasteiger partial charge on any atom is 0.272 e. The normalized spacial score (nSPS) is 11.4. The molecule has 0 radical (unpaired) electrons. The molecule has 7 nitrogen and oxygen atoms in total. The zero-order valence-electron chi connectivity index (χ0n) is 9.29. The second-order valence-corrected chi connectivity index (χ2v) is 5.11. The molecule has 0 spiro atoms. The molecular formula is C9H10FNO6S. The summed E-state index contributed by atoms with van der Waals surface area (Å²) in [6, 6.07) is 1.54. The molecule has 0 unspecified atom stereocenters. The number of phenols is 1. The third kappa shape index (κ3) is 3.93. The molecule has 1 aromatic carbocycles. The number of phenolic OH excluding ortho intramolecular Hbond substituents is 1. The van der Waals surface area contributed by atoms with E-state index >= 15 is 0 Å². The highest BCUT2D eigenvalue weighted by Crippen LogP contribution is 2.27. The first-order chi connectivity index (χ1) is 8.20. The summed E-state index contributed by atoms with van der Waals surface area (Å²) in [4.78, 5) is 9.66. The highest BCUT2D eigenvalue weighted by Gasteiger charge is 2.16. The van der Waals surface area contributed by atoms with Crippen molar-refractivity contribution in [1.82, 2.24) is 0 Å². The van der Waals surface area contributed by atoms with Crippen LogP contribution in [0.5, 0.6) is 5.75 Å². The van der Waals surface area contributed by atoms with Gasteiger partial charge in [-0.05, 0) is 0 Å². The first kappa shape index (κ1) is 14.3. The van der Waals surface area contributed by atoms with Crippen LogP contribution >= 0.6 is 0 Å². The second kappa shape index (κ2) is 5.27. The molecule has 0 amide bonds. The molecule has 0 bridgehead atoms. The van der Waals surface area contributed by atoms with Crippen molar-refractivity contribution in [2.24, 2.45) is 0 Å². The van der Waals surface area contributed by atoms with Crippen LogP contribution in [-0.4, -0.2) is 31.3 Å². The molecule has 0 aliphatic rings. The van der Waals surface area contributed by atoms with Gasteiger partial charge in [0, 0.05) is 18.1 Å². The molecule has 0 aliphatic carbocycles. The summed E-state index contributed by atoms with van der Waals surface area (Å²) in [5.74, 6) is -1.89. The molecule has 100 valence electrons. The van der Waals surface area contributed by atoms with E-state index in [1.807, 2.05) is 0 Å². The van der Waals surface area contributed by atoms with Crippen LogP contribution in [0.4, 0.5) is 10.1 Å². The molecule has 1 rings (SSSR count). The number of nitro benzene ring substituents is 1. The van der Waals surface area contributed by atoms with Crippen LogP contribution in [-0.2, 0) is 20.7 Å². The molecule has 1 aromatic rings. The maximum atomic E-state index is 13.1. The lowest BCUT2D eigenvalue weighted by Gasteiger charge is -2.05. The van der Waals surface area contributed by atoms with Crippen LogP contribution in [0.15, 0.2) is 12.1 Å². The maximum absolute atomic E-state index is 13.1. The molecule has 0 saturated heterocycles. The number of hydrogen-bond donors (Lipinski definition) is 1. The van der Waals surface area contributed by atoms with Gasteiger partial charge in [0.2, 0.25) is 0 Å². The molecule has 0 fully saturated rings. The number of rotatable bonds is 5. The standard InChI is InChI=1S/C9H10FNO6S/c1-18(15,16)17-3-2-6-4-7(11(13)14)5-8(10)9(6)12/h4-5,12H,2-3H2,1H3. The van der Waals surface area contributed by atoms with Crippen molar-refractivity contribution in [1.29, 1.82) is 0 Å². The van der Waals surface area contributed by atoms with Crippen molar-refractivity contribution in [3.63, 3.8) is 0 Å². The molecule has 1 N–H and O–H groups in total. The number of hydrogen-bond acceptors (Lipinski definition) is 6. The highest BCUT2D eigenvalue weighted by molar-refractivity contribution is 7.85.